The van der Waals surface area contributed by atoms with Crippen LogP contribution in [-0.2, 0) is 6.18 Å². The van der Waals surface area contributed by atoms with Gasteiger partial charge in [-0.05, 0) is 25.0 Å². The summed E-state index contributed by atoms with van der Waals surface area (Å²) in [5.74, 6) is 0.928. The lowest BCUT2D eigenvalue weighted by molar-refractivity contribution is -0.137. The molecule has 0 spiro atoms. The van der Waals surface area contributed by atoms with Crippen molar-refractivity contribution in [2.75, 3.05) is 31.5 Å². The van der Waals surface area contributed by atoms with Crippen molar-refractivity contribution in [2.24, 2.45) is 10.9 Å². The molecule has 1 aromatic heterocycles. The second-order valence-electron chi connectivity index (χ2n) is 5.36. The van der Waals surface area contributed by atoms with E-state index < -0.39 is 11.7 Å². The molecule has 1 rings (SSSR count). The van der Waals surface area contributed by atoms with Crippen LogP contribution in [0.1, 0.15) is 26.3 Å². The van der Waals surface area contributed by atoms with Crippen LogP contribution in [0.2, 0.25) is 0 Å². The number of halogens is 3. The molecule has 0 aliphatic rings. The Bertz CT molecular complexity index is 500. The van der Waals surface area contributed by atoms with E-state index >= 15 is 0 Å². The van der Waals surface area contributed by atoms with Gasteiger partial charge in [-0.15, -0.1) is 0 Å². The van der Waals surface area contributed by atoms with Crippen molar-refractivity contribution in [3.63, 3.8) is 0 Å². The lowest BCUT2D eigenvalue weighted by Gasteiger charge is -2.15. The molecule has 0 amide bonds. The number of rotatable bonds is 7. The quantitative estimate of drug-likeness (QED) is 0.408. The maximum Gasteiger partial charge on any atom is 0.419 e. The van der Waals surface area contributed by atoms with E-state index in [9.17, 15) is 13.2 Å². The minimum absolute atomic E-state index is 0.161. The predicted octanol–water partition coefficient (Wildman–Crippen LogP) is 2.72. The van der Waals surface area contributed by atoms with Crippen molar-refractivity contribution < 1.29 is 13.2 Å². The van der Waals surface area contributed by atoms with Gasteiger partial charge >= 0.3 is 6.18 Å². The summed E-state index contributed by atoms with van der Waals surface area (Å²) in [5.41, 5.74) is -0.764. The lowest BCUT2D eigenvalue weighted by Crippen LogP contribution is -2.40. The molecule has 23 heavy (non-hydrogen) atoms. The summed E-state index contributed by atoms with van der Waals surface area (Å²) in [6, 6.07) is 2.28. The number of hydrogen-bond donors (Lipinski definition) is 3. The normalized spacial score (nSPS) is 12.4. The third kappa shape index (κ3) is 7.21. The highest BCUT2D eigenvalue weighted by Gasteiger charge is 2.33. The first-order valence-electron chi connectivity index (χ1n) is 7.62. The maximum atomic E-state index is 12.8. The van der Waals surface area contributed by atoms with Crippen molar-refractivity contribution >= 4 is 11.8 Å². The lowest BCUT2D eigenvalue weighted by atomic mass is 10.2. The number of guanidine groups is 1. The molecular weight excluding hydrogens is 307 g/mol. The summed E-state index contributed by atoms with van der Waals surface area (Å²) in [7, 11) is 0. The molecule has 0 saturated carbocycles. The van der Waals surface area contributed by atoms with Gasteiger partial charge in [-0.1, -0.05) is 13.8 Å². The molecule has 0 aromatic carbocycles. The van der Waals surface area contributed by atoms with Gasteiger partial charge in [0.05, 0.1) is 5.56 Å². The zero-order chi connectivity index (χ0) is 17.3. The molecule has 0 saturated heterocycles. The minimum Gasteiger partial charge on any atom is -0.368 e. The Morgan fingerprint density at radius 3 is 2.61 bits per heavy atom. The van der Waals surface area contributed by atoms with E-state index in [2.05, 4.69) is 39.8 Å². The number of aromatic nitrogens is 1. The van der Waals surface area contributed by atoms with Gasteiger partial charge in [0.2, 0.25) is 0 Å². The highest BCUT2D eigenvalue weighted by Crippen LogP contribution is 2.33. The second kappa shape index (κ2) is 9.22. The molecule has 1 aromatic rings. The highest BCUT2D eigenvalue weighted by molar-refractivity contribution is 5.79. The molecule has 0 aliphatic carbocycles. The first kappa shape index (κ1) is 19.1. The van der Waals surface area contributed by atoms with Crippen LogP contribution in [0.3, 0.4) is 0 Å². The van der Waals surface area contributed by atoms with Crippen LogP contribution in [0.4, 0.5) is 19.0 Å². The van der Waals surface area contributed by atoms with E-state index in [1.807, 2.05) is 6.92 Å². The fourth-order valence-electron chi connectivity index (χ4n) is 1.75. The fourth-order valence-corrected chi connectivity index (χ4v) is 1.75. The van der Waals surface area contributed by atoms with Crippen molar-refractivity contribution in [2.45, 2.75) is 26.9 Å². The van der Waals surface area contributed by atoms with Crippen molar-refractivity contribution in [1.82, 2.24) is 15.6 Å². The fraction of sp³-hybridized carbons (Fsp3) is 0.600. The number of nitrogens with one attached hydrogen (secondary N) is 3. The number of hydrogen-bond acceptors (Lipinski definition) is 3. The summed E-state index contributed by atoms with van der Waals surface area (Å²) in [4.78, 5) is 8.14. The topological polar surface area (TPSA) is 61.3 Å². The zero-order valence-electron chi connectivity index (χ0n) is 13.7. The van der Waals surface area contributed by atoms with Crippen LogP contribution in [-0.4, -0.2) is 37.1 Å². The zero-order valence-corrected chi connectivity index (χ0v) is 13.7. The monoisotopic (exact) mass is 331 g/mol. The molecule has 5 nitrogen and oxygen atoms in total. The van der Waals surface area contributed by atoms with Crippen molar-refractivity contribution in [1.29, 1.82) is 0 Å². The van der Waals surface area contributed by atoms with E-state index in [4.69, 9.17) is 0 Å². The molecular formula is C15H24F3N5. The van der Waals surface area contributed by atoms with Gasteiger partial charge in [-0.3, -0.25) is 4.99 Å². The van der Waals surface area contributed by atoms with Crippen LogP contribution in [0.15, 0.2) is 23.3 Å². The number of pyridine rings is 1. The second-order valence-corrected chi connectivity index (χ2v) is 5.36. The van der Waals surface area contributed by atoms with Gasteiger partial charge in [0, 0.05) is 32.4 Å². The molecule has 0 bridgehead atoms. The van der Waals surface area contributed by atoms with Gasteiger partial charge in [0.15, 0.2) is 5.96 Å². The number of aliphatic imine (C=N–C) groups is 1. The van der Waals surface area contributed by atoms with Crippen LogP contribution >= 0.6 is 0 Å². The maximum absolute atomic E-state index is 12.8. The minimum atomic E-state index is -4.42. The van der Waals surface area contributed by atoms with Gasteiger partial charge in [0.25, 0.3) is 0 Å². The number of anilines is 1. The van der Waals surface area contributed by atoms with E-state index in [-0.39, 0.29) is 5.82 Å². The van der Waals surface area contributed by atoms with Crippen LogP contribution in [0, 0.1) is 5.92 Å². The molecule has 0 atom stereocenters. The van der Waals surface area contributed by atoms with Crippen molar-refractivity contribution in [3.8, 4) is 0 Å². The molecule has 1 heterocycles. The molecule has 130 valence electrons. The van der Waals surface area contributed by atoms with Gasteiger partial charge < -0.3 is 16.0 Å². The molecule has 0 aliphatic heterocycles. The SMILES string of the molecule is CCNC(=NCC(C)C)NCCNc1ncccc1C(F)(F)F. The summed E-state index contributed by atoms with van der Waals surface area (Å²) in [5, 5.41) is 8.87. The summed E-state index contributed by atoms with van der Waals surface area (Å²) in [6.07, 6.45) is -3.09. The Kier molecular flexibility index (Phi) is 7.64. The third-order valence-corrected chi connectivity index (χ3v) is 2.78. The van der Waals surface area contributed by atoms with Gasteiger partial charge in [-0.2, -0.15) is 13.2 Å². The van der Waals surface area contributed by atoms with E-state index in [1.54, 1.807) is 0 Å². The largest absolute Gasteiger partial charge is 0.419 e. The molecule has 0 radical (unpaired) electrons. The summed E-state index contributed by atoms with van der Waals surface area (Å²) in [6.45, 7) is 8.21. The van der Waals surface area contributed by atoms with E-state index in [1.165, 1.54) is 12.3 Å². The van der Waals surface area contributed by atoms with E-state index in [0.29, 0.717) is 31.5 Å². The van der Waals surface area contributed by atoms with Gasteiger partial charge in [0.1, 0.15) is 5.82 Å². The number of alkyl halides is 3. The summed E-state index contributed by atoms with van der Waals surface area (Å²) < 4.78 is 38.5. The first-order chi connectivity index (χ1) is 10.8. The van der Waals surface area contributed by atoms with Crippen LogP contribution in [0.25, 0.3) is 0 Å². The Balaban J connectivity index is 2.52. The Hall–Kier alpha value is -1.99. The Morgan fingerprint density at radius 1 is 1.26 bits per heavy atom. The van der Waals surface area contributed by atoms with Gasteiger partial charge in [-0.25, -0.2) is 4.98 Å². The van der Waals surface area contributed by atoms with Crippen LogP contribution in [0.5, 0.6) is 0 Å². The average Bonchev–Trinajstić information content (AvgIpc) is 2.48. The number of nitrogens with zero attached hydrogens (tertiary/aromatic N) is 2. The third-order valence-electron chi connectivity index (χ3n) is 2.78. The van der Waals surface area contributed by atoms with Crippen molar-refractivity contribution in [3.05, 3.63) is 23.9 Å². The van der Waals surface area contributed by atoms with Crippen LogP contribution < -0.4 is 16.0 Å². The Morgan fingerprint density at radius 2 is 2.00 bits per heavy atom. The summed E-state index contributed by atoms with van der Waals surface area (Å²) >= 11 is 0. The smallest absolute Gasteiger partial charge is 0.368 e. The average molecular weight is 331 g/mol. The standard InChI is InChI=1S/C15H24F3N5/c1-4-19-14(23-10-11(2)3)22-9-8-21-13-12(15(16,17)18)6-5-7-20-13/h5-7,11H,4,8-10H2,1-3H3,(H,20,21)(H2,19,22,23). The Labute approximate surface area is 134 Å². The predicted molar refractivity (Wildman–Crippen MR) is 86.5 cm³/mol. The molecule has 3 N–H and O–H groups in total. The first-order valence-corrected chi connectivity index (χ1v) is 7.62. The highest BCUT2D eigenvalue weighted by atomic mass is 19.4. The molecule has 8 heteroatoms. The molecule has 0 fully saturated rings. The van der Waals surface area contributed by atoms with E-state index in [0.717, 1.165) is 12.6 Å². The molecule has 0 unspecified atom stereocenters.